The van der Waals surface area contributed by atoms with E-state index < -0.39 is 17.7 Å². The fraction of sp³-hybridized carbons (Fsp3) is 0.0741. The highest BCUT2D eigenvalue weighted by molar-refractivity contribution is 6.52. The Morgan fingerprint density at radius 2 is 1.70 bits per heavy atom. The minimum absolute atomic E-state index is 0.0140. The second kappa shape index (κ2) is 8.24. The van der Waals surface area contributed by atoms with Gasteiger partial charge in [0.1, 0.15) is 17.6 Å². The van der Waals surface area contributed by atoms with Crippen LogP contribution in [0.5, 0.6) is 5.75 Å². The van der Waals surface area contributed by atoms with E-state index in [-0.39, 0.29) is 11.3 Å². The van der Waals surface area contributed by atoms with Crippen molar-refractivity contribution in [2.75, 3.05) is 12.0 Å². The van der Waals surface area contributed by atoms with E-state index in [9.17, 15) is 14.7 Å². The van der Waals surface area contributed by atoms with E-state index in [0.717, 1.165) is 10.8 Å². The molecule has 0 radical (unpaired) electrons. The number of anilines is 1. The summed E-state index contributed by atoms with van der Waals surface area (Å²) in [6.07, 6.45) is 1.60. The van der Waals surface area contributed by atoms with E-state index >= 15 is 0 Å². The predicted octanol–water partition coefficient (Wildman–Crippen LogP) is 4.87. The zero-order chi connectivity index (χ0) is 22.9. The molecule has 2 heterocycles. The highest BCUT2D eigenvalue weighted by Crippen LogP contribution is 2.43. The van der Waals surface area contributed by atoms with Gasteiger partial charge in [-0.2, -0.15) is 0 Å². The van der Waals surface area contributed by atoms with Crippen LogP contribution >= 0.6 is 0 Å². The minimum atomic E-state index is -0.886. The summed E-state index contributed by atoms with van der Waals surface area (Å²) in [7, 11) is 1.52. The number of benzene rings is 3. The van der Waals surface area contributed by atoms with Crippen molar-refractivity contribution in [1.82, 2.24) is 4.98 Å². The molecule has 1 unspecified atom stereocenters. The first-order valence-corrected chi connectivity index (χ1v) is 10.4. The van der Waals surface area contributed by atoms with E-state index in [1.54, 1.807) is 54.7 Å². The number of pyridine rings is 1. The van der Waals surface area contributed by atoms with E-state index in [2.05, 4.69) is 4.98 Å². The van der Waals surface area contributed by atoms with Crippen molar-refractivity contribution in [2.45, 2.75) is 6.04 Å². The molecular formula is C27H20N2O4. The van der Waals surface area contributed by atoms with Crippen LogP contribution in [0.1, 0.15) is 17.3 Å². The van der Waals surface area contributed by atoms with Crippen LogP contribution in [0, 0.1) is 0 Å². The van der Waals surface area contributed by atoms with Crippen molar-refractivity contribution in [3.63, 3.8) is 0 Å². The Balaban J connectivity index is 1.77. The molecule has 1 saturated heterocycles. The highest BCUT2D eigenvalue weighted by Gasteiger charge is 2.48. The van der Waals surface area contributed by atoms with Gasteiger partial charge in [0.2, 0.25) is 0 Å². The van der Waals surface area contributed by atoms with Crippen molar-refractivity contribution < 1.29 is 19.4 Å². The average molecular weight is 436 g/mol. The number of nitrogens with zero attached hydrogens (tertiary/aromatic N) is 2. The molecule has 1 aromatic heterocycles. The molecule has 5 rings (SSSR count). The van der Waals surface area contributed by atoms with Crippen molar-refractivity contribution in [3.05, 3.63) is 108 Å². The number of hydrogen-bond donors (Lipinski definition) is 1. The molecule has 1 aliphatic rings. The molecule has 162 valence electrons. The molecule has 1 N–H and O–H groups in total. The van der Waals surface area contributed by atoms with Crippen molar-refractivity contribution in [1.29, 1.82) is 0 Å². The molecule has 1 fully saturated rings. The van der Waals surface area contributed by atoms with Crippen LogP contribution in [0.3, 0.4) is 0 Å². The van der Waals surface area contributed by atoms with Crippen molar-refractivity contribution in [2.24, 2.45) is 0 Å². The van der Waals surface area contributed by atoms with Crippen LogP contribution in [0.25, 0.3) is 16.5 Å². The summed E-state index contributed by atoms with van der Waals surface area (Å²) in [5.74, 6) is -1.23. The smallest absolute Gasteiger partial charge is 0.300 e. The van der Waals surface area contributed by atoms with Gasteiger partial charge in [0.15, 0.2) is 0 Å². The van der Waals surface area contributed by atoms with Crippen molar-refractivity contribution in [3.8, 4) is 5.75 Å². The monoisotopic (exact) mass is 436 g/mol. The van der Waals surface area contributed by atoms with Gasteiger partial charge < -0.3 is 9.84 Å². The molecule has 4 aromatic rings. The molecule has 1 aliphatic heterocycles. The van der Waals surface area contributed by atoms with Crippen LogP contribution in [0.15, 0.2) is 96.7 Å². The number of amides is 1. The fourth-order valence-corrected chi connectivity index (χ4v) is 4.24. The zero-order valence-electron chi connectivity index (χ0n) is 17.8. The van der Waals surface area contributed by atoms with Gasteiger partial charge in [-0.25, -0.2) is 0 Å². The highest BCUT2D eigenvalue weighted by atomic mass is 16.5. The van der Waals surface area contributed by atoms with E-state index in [4.69, 9.17) is 4.74 Å². The maximum absolute atomic E-state index is 13.4. The van der Waals surface area contributed by atoms with E-state index in [1.807, 2.05) is 36.4 Å². The molecule has 3 aromatic carbocycles. The van der Waals surface area contributed by atoms with Crippen LogP contribution < -0.4 is 9.64 Å². The third-order valence-electron chi connectivity index (χ3n) is 5.78. The second-order valence-corrected chi connectivity index (χ2v) is 7.65. The number of aliphatic hydroxyl groups is 1. The third-order valence-corrected chi connectivity index (χ3v) is 5.78. The Hall–Kier alpha value is -4.45. The first kappa shape index (κ1) is 20.5. The lowest BCUT2D eigenvalue weighted by molar-refractivity contribution is -0.132. The van der Waals surface area contributed by atoms with Crippen LogP contribution in [-0.4, -0.2) is 28.9 Å². The summed E-state index contributed by atoms with van der Waals surface area (Å²) in [5, 5.41) is 13.0. The number of aromatic nitrogens is 1. The van der Waals surface area contributed by atoms with Gasteiger partial charge in [-0.15, -0.1) is 0 Å². The molecule has 1 atom stereocenters. The molecule has 6 nitrogen and oxygen atoms in total. The standard InChI is InChI=1S/C27H20N2O4/c1-33-19-11-6-10-18(16-19)25(30)23-24(21-13-4-5-15-28-21)29(27(32)26(23)31)22-14-7-9-17-8-2-3-12-20(17)22/h2-16,24,30H,1H3/b25-23+. The van der Waals surface area contributed by atoms with Crippen LogP contribution in [0.4, 0.5) is 5.69 Å². The largest absolute Gasteiger partial charge is 0.507 e. The lowest BCUT2D eigenvalue weighted by Crippen LogP contribution is -2.30. The van der Waals surface area contributed by atoms with Crippen LogP contribution in [-0.2, 0) is 9.59 Å². The lowest BCUT2D eigenvalue weighted by Gasteiger charge is -2.25. The number of fused-ring (bicyclic) bond motifs is 1. The van der Waals surface area contributed by atoms with Gasteiger partial charge in [-0.1, -0.05) is 54.6 Å². The number of aliphatic hydroxyl groups excluding tert-OH is 1. The number of carbonyl (C=O) groups excluding carboxylic acids is 2. The quantitative estimate of drug-likeness (QED) is 0.281. The third kappa shape index (κ3) is 3.42. The number of hydrogen-bond acceptors (Lipinski definition) is 5. The number of rotatable bonds is 4. The lowest BCUT2D eigenvalue weighted by atomic mass is 9.97. The minimum Gasteiger partial charge on any atom is -0.507 e. The Labute approximate surface area is 190 Å². The summed E-state index contributed by atoms with van der Waals surface area (Å²) in [5.41, 5.74) is 1.43. The van der Waals surface area contributed by atoms with Gasteiger partial charge in [-0.3, -0.25) is 19.5 Å². The Kier molecular flexibility index (Phi) is 5.11. The van der Waals surface area contributed by atoms with E-state index in [1.165, 1.54) is 12.0 Å². The first-order chi connectivity index (χ1) is 16.1. The summed E-state index contributed by atoms with van der Waals surface area (Å²) in [6.45, 7) is 0. The van der Waals surface area contributed by atoms with Gasteiger partial charge in [-0.05, 0) is 35.7 Å². The van der Waals surface area contributed by atoms with Gasteiger partial charge in [0.25, 0.3) is 11.7 Å². The van der Waals surface area contributed by atoms with Crippen molar-refractivity contribution >= 4 is 33.9 Å². The van der Waals surface area contributed by atoms with Crippen LogP contribution in [0.2, 0.25) is 0 Å². The molecular weight excluding hydrogens is 416 g/mol. The van der Waals surface area contributed by atoms with E-state index in [0.29, 0.717) is 22.7 Å². The Morgan fingerprint density at radius 1 is 0.939 bits per heavy atom. The maximum Gasteiger partial charge on any atom is 0.300 e. The number of carbonyl (C=O) groups is 2. The first-order valence-electron chi connectivity index (χ1n) is 10.4. The van der Waals surface area contributed by atoms with Gasteiger partial charge >= 0.3 is 0 Å². The molecule has 6 heteroatoms. The maximum atomic E-state index is 13.4. The summed E-state index contributed by atoms with van der Waals surface area (Å²) < 4.78 is 5.26. The molecule has 0 saturated carbocycles. The fourth-order valence-electron chi connectivity index (χ4n) is 4.24. The summed E-state index contributed by atoms with van der Waals surface area (Å²) in [4.78, 5) is 32.5. The number of ether oxygens (including phenoxy) is 1. The zero-order valence-corrected chi connectivity index (χ0v) is 17.8. The second-order valence-electron chi connectivity index (χ2n) is 7.65. The SMILES string of the molecule is COc1cccc(/C(O)=C2\C(=O)C(=O)N(c3cccc4ccccc34)C2c2ccccn2)c1. The molecule has 33 heavy (non-hydrogen) atoms. The van der Waals surface area contributed by atoms with Gasteiger partial charge in [0.05, 0.1) is 24.1 Å². The number of ketones is 1. The Bertz CT molecular complexity index is 1410. The molecule has 0 spiro atoms. The Morgan fingerprint density at radius 3 is 2.48 bits per heavy atom. The molecule has 0 bridgehead atoms. The topological polar surface area (TPSA) is 79.7 Å². The summed E-state index contributed by atoms with van der Waals surface area (Å²) in [6, 6.07) is 24.4. The summed E-state index contributed by atoms with van der Waals surface area (Å²) >= 11 is 0. The molecule has 0 aliphatic carbocycles. The average Bonchev–Trinajstić information content (AvgIpc) is 3.14. The number of Topliss-reactive ketones (excluding diaryl/α,β-unsaturated/α-hetero) is 1. The molecule has 1 amide bonds. The van der Waals surface area contributed by atoms with Gasteiger partial charge in [0, 0.05) is 17.1 Å². The number of methoxy groups -OCH3 is 1. The predicted molar refractivity (Wildman–Crippen MR) is 126 cm³/mol. The normalized spacial score (nSPS) is 17.5.